The minimum absolute atomic E-state index is 0.0512. The molecule has 154 valence electrons. The zero-order valence-corrected chi connectivity index (χ0v) is 19.2. The van der Waals surface area contributed by atoms with Crippen molar-refractivity contribution in [3.8, 4) is 0 Å². The molecule has 0 bridgehead atoms. The van der Waals surface area contributed by atoms with Crippen LogP contribution >= 0.6 is 0 Å². The maximum Gasteiger partial charge on any atom is 0.196 e. The minimum atomic E-state index is -0.223. The third-order valence-corrected chi connectivity index (χ3v) is 5.44. The third-order valence-electron chi connectivity index (χ3n) is 5.44. The summed E-state index contributed by atoms with van der Waals surface area (Å²) < 4.78 is 0. The van der Waals surface area contributed by atoms with Crippen LogP contribution in [0.15, 0.2) is 36.4 Å². The van der Waals surface area contributed by atoms with Crippen LogP contribution in [0.4, 0.5) is 5.69 Å². The van der Waals surface area contributed by atoms with E-state index in [4.69, 9.17) is 0 Å². The zero-order valence-electron chi connectivity index (χ0n) is 19.2. The van der Waals surface area contributed by atoms with Crippen molar-refractivity contribution in [3.63, 3.8) is 0 Å². The molecule has 0 saturated carbocycles. The van der Waals surface area contributed by atoms with E-state index >= 15 is 0 Å². The molecule has 0 N–H and O–H groups in total. The van der Waals surface area contributed by atoms with E-state index in [1.165, 1.54) is 0 Å². The molecule has 2 aromatic rings. The number of nitrogens with zero attached hydrogens (tertiary/aromatic N) is 1. The quantitative estimate of drug-likeness (QED) is 0.498. The fraction of sp³-hybridized carbons (Fsp3) is 0.462. The predicted octanol–water partition coefficient (Wildman–Crippen LogP) is 6.16. The molecular formula is C26H33NO2. The Morgan fingerprint density at radius 3 is 1.55 bits per heavy atom. The van der Waals surface area contributed by atoms with Crippen LogP contribution in [0.3, 0.4) is 0 Å². The molecule has 0 radical (unpaired) electrons. The summed E-state index contributed by atoms with van der Waals surface area (Å²) in [5, 5.41) is 0. The Kier molecular flexibility index (Phi) is 4.81. The molecule has 0 fully saturated rings. The molecule has 29 heavy (non-hydrogen) atoms. The first kappa shape index (κ1) is 21.3. The van der Waals surface area contributed by atoms with Gasteiger partial charge in [0.2, 0.25) is 0 Å². The molecule has 0 spiro atoms. The number of fused-ring (bicyclic) bond motifs is 2. The van der Waals surface area contributed by atoms with Gasteiger partial charge in [-0.3, -0.25) is 9.59 Å². The smallest absolute Gasteiger partial charge is 0.196 e. The van der Waals surface area contributed by atoms with Crippen LogP contribution in [0.5, 0.6) is 0 Å². The number of carbonyl (C=O) groups excluding carboxylic acids is 2. The maximum atomic E-state index is 13.7. The number of hydrogen-bond donors (Lipinski definition) is 0. The molecule has 0 aromatic heterocycles. The highest BCUT2D eigenvalue weighted by Gasteiger charge is 2.40. The summed E-state index contributed by atoms with van der Waals surface area (Å²) in [6.45, 7) is 19.1. The summed E-state index contributed by atoms with van der Waals surface area (Å²) >= 11 is 0. The van der Waals surface area contributed by atoms with E-state index in [2.05, 4.69) is 67.2 Å². The maximum absolute atomic E-state index is 13.7. The van der Waals surface area contributed by atoms with Crippen molar-refractivity contribution >= 4 is 17.3 Å². The highest BCUT2D eigenvalue weighted by molar-refractivity contribution is 6.30. The first-order valence-electron chi connectivity index (χ1n) is 10.3. The number of anilines is 1. The molecule has 0 amide bonds. The van der Waals surface area contributed by atoms with Crippen molar-refractivity contribution in [1.82, 2.24) is 0 Å². The van der Waals surface area contributed by atoms with Crippen molar-refractivity contribution in [2.24, 2.45) is 0 Å². The molecule has 3 nitrogen and oxygen atoms in total. The van der Waals surface area contributed by atoms with Crippen LogP contribution in [0.1, 0.15) is 99.7 Å². The van der Waals surface area contributed by atoms with Crippen LogP contribution in [0.2, 0.25) is 0 Å². The van der Waals surface area contributed by atoms with Gasteiger partial charge >= 0.3 is 0 Å². The van der Waals surface area contributed by atoms with Crippen LogP contribution < -0.4 is 4.90 Å². The Hall–Kier alpha value is -2.42. The molecule has 0 atom stereocenters. The Morgan fingerprint density at radius 2 is 1.07 bits per heavy atom. The zero-order chi connectivity index (χ0) is 21.9. The Bertz CT molecular complexity index is 981. The van der Waals surface area contributed by atoms with E-state index in [1.807, 2.05) is 24.3 Å². The second-order valence-corrected chi connectivity index (χ2v) is 11.0. The van der Waals surface area contributed by atoms with Gasteiger partial charge in [-0.2, -0.15) is 0 Å². The van der Waals surface area contributed by atoms with Gasteiger partial charge in [-0.1, -0.05) is 51.1 Å². The van der Waals surface area contributed by atoms with Gasteiger partial charge in [0.15, 0.2) is 11.6 Å². The van der Waals surface area contributed by atoms with Crippen LogP contribution in [-0.2, 0) is 5.41 Å². The monoisotopic (exact) mass is 391 g/mol. The van der Waals surface area contributed by atoms with Gasteiger partial charge in [0.05, 0.1) is 5.56 Å². The fourth-order valence-electron chi connectivity index (χ4n) is 4.76. The molecule has 3 heteroatoms. The van der Waals surface area contributed by atoms with Crippen molar-refractivity contribution in [1.29, 1.82) is 0 Å². The van der Waals surface area contributed by atoms with E-state index < -0.39 is 0 Å². The molecule has 0 heterocycles. The van der Waals surface area contributed by atoms with Gasteiger partial charge < -0.3 is 4.90 Å². The first-order valence-corrected chi connectivity index (χ1v) is 10.3. The lowest BCUT2D eigenvalue weighted by Gasteiger charge is -2.48. The SMILES string of the molecule is CC(C)(C)c1cccc2c1C(=O)c1cccc(N(C(C)(C)C)C(C)(C)C)c1C2=O. The Labute approximate surface area is 175 Å². The van der Waals surface area contributed by atoms with Crippen molar-refractivity contribution in [2.75, 3.05) is 4.90 Å². The third kappa shape index (κ3) is 3.52. The number of carbonyl (C=O) groups is 2. The average Bonchev–Trinajstić information content (AvgIpc) is 2.55. The molecule has 1 aliphatic carbocycles. The predicted molar refractivity (Wildman–Crippen MR) is 120 cm³/mol. The molecular weight excluding hydrogens is 358 g/mol. The highest BCUT2D eigenvalue weighted by atomic mass is 16.1. The summed E-state index contributed by atoms with van der Waals surface area (Å²) in [6.07, 6.45) is 0. The largest absolute Gasteiger partial charge is 0.361 e. The number of benzene rings is 2. The lowest BCUT2D eigenvalue weighted by molar-refractivity contribution is 0.0977. The fourth-order valence-corrected chi connectivity index (χ4v) is 4.76. The molecule has 3 rings (SSSR count). The standard InChI is InChI=1S/C26H33NO2/c1-24(2,3)18-14-10-12-16-20(18)22(28)17-13-11-15-19(21(17)23(16)29)27(25(4,5)6)26(7,8)9/h10-15H,1-9H3. The molecule has 0 aliphatic heterocycles. The minimum Gasteiger partial charge on any atom is -0.361 e. The molecule has 0 unspecified atom stereocenters. The summed E-state index contributed by atoms with van der Waals surface area (Å²) in [7, 11) is 0. The van der Waals surface area contributed by atoms with Gasteiger partial charge in [-0.25, -0.2) is 0 Å². The number of hydrogen-bond acceptors (Lipinski definition) is 3. The van der Waals surface area contributed by atoms with Gasteiger partial charge in [0.25, 0.3) is 0 Å². The van der Waals surface area contributed by atoms with Crippen LogP contribution in [0.25, 0.3) is 0 Å². The van der Waals surface area contributed by atoms with Crippen molar-refractivity contribution < 1.29 is 9.59 Å². The average molecular weight is 392 g/mol. The van der Waals surface area contributed by atoms with E-state index in [0.29, 0.717) is 22.3 Å². The van der Waals surface area contributed by atoms with Crippen LogP contribution in [-0.4, -0.2) is 22.6 Å². The van der Waals surface area contributed by atoms with Gasteiger partial charge in [-0.15, -0.1) is 0 Å². The van der Waals surface area contributed by atoms with E-state index in [9.17, 15) is 9.59 Å². The van der Waals surface area contributed by atoms with Gasteiger partial charge in [0, 0.05) is 33.5 Å². The topological polar surface area (TPSA) is 37.4 Å². The van der Waals surface area contributed by atoms with Crippen molar-refractivity contribution in [2.45, 2.75) is 78.8 Å². The summed E-state index contributed by atoms with van der Waals surface area (Å²) in [5.41, 5.74) is 3.21. The Balaban J connectivity index is 2.33. The van der Waals surface area contributed by atoms with Crippen LogP contribution in [0, 0.1) is 0 Å². The second kappa shape index (κ2) is 6.55. The van der Waals surface area contributed by atoms with Gasteiger partial charge in [-0.05, 0) is 58.6 Å². The second-order valence-electron chi connectivity index (χ2n) is 11.0. The van der Waals surface area contributed by atoms with Gasteiger partial charge in [0.1, 0.15) is 0 Å². The summed E-state index contributed by atoms with van der Waals surface area (Å²) in [5.74, 6) is -0.112. The Morgan fingerprint density at radius 1 is 0.621 bits per heavy atom. The summed E-state index contributed by atoms with van der Waals surface area (Å²) in [6, 6.07) is 11.3. The lowest BCUT2D eigenvalue weighted by atomic mass is 9.74. The summed E-state index contributed by atoms with van der Waals surface area (Å²) in [4.78, 5) is 29.6. The van der Waals surface area contributed by atoms with E-state index in [1.54, 1.807) is 12.1 Å². The van der Waals surface area contributed by atoms with E-state index in [-0.39, 0.29) is 28.1 Å². The number of rotatable bonds is 1. The lowest BCUT2D eigenvalue weighted by Crippen LogP contribution is -2.53. The molecule has 2 aromatic carbocycles. The molecule has 1 aliphatic rings. The molecule has 0 saturated heterocycles. The first-order chi connectivity index (χ1) is 13.2. The normalized spacial score (nSPS) is 14.5. The van der Waals surface area contributed by atoms with Crippen molar-refractivity contribution in [3.05, 3.63) is 64.2 Å². The van der Waals surface area contributed by atoms with E-state index in [0.717, 1.165) is 11.3 Å². The highest BCUT2D eigenvalue weighted by Crippen LogP contribution is 2.41. The number of ketones is 2.